The van der Waals surface area contributed by atoms with Gasteiger partial charge in [0.25, 0.3) is 0 Å². The molecule has 0 aromatic heterocycles. The first-order valence-electron chi connectivity index (χ1n) is 1.67. The molecule has 0 saturated carbocycles. The van der Waals surface area contributed by atoms with Crippen LogP contribution in [-0.4, -0.2) is 37.7 Å². The molecule has 0 aliphatic carbocycles. The summed E-state index contributed by atoms with van der Waals surface area (Å²) in [6.45, 7) is 0.980. The van der Waals surface area contributed by atoms with Crippen LogP contribution in [0.3, 0.4) is 0 Å². The molecule has 50 valence electrons. The van der Waals surface area contributed by atoms with Crippen LogP contribution in [0, 0.1) is 0 Å². The third-order valence-corrected chi connectivity index (χ3v) is 0.818. The Balaban J connectivity index is 0. The van der Waals surface area contributed by atoms with Crippen LogP contribution >= 0.6 is 0 Å². The van der Waals surface area contributed by atoms with Crippen molar-refractivity contribution >= 4 is 35.1 Å². The van der Waals surface area contributed by atoms with Gasteiger partial charge < -0.3 is 0 Å². The van der Waals surface area contributed by atoms with E-state index in [2.05, 4.69) is 0 Å². The van der Waals surface area contributed by atoms with Crippen molar-refractivity contribution in [3.63, 3.8) is 0 Å². The van der Waals surface area contributed by atoms with Gasteiger partial charge in [0.15, 0.2) is 0 Å². The Kier molecular flexibility index (Phi) is 5.09. The summed E-state index contributed by atoms with van der Waals surface area (Å²) in [6.07, 6.45) is 0. The van der Waals surface area contributed by atoms with Gasteiger partial charge in [0.05, 0.1) is 0 Å². The first-order valence-corrected chi connectivity index (χ1v) is 3.11. The summed E-state index contributed by atoms with van der Waals surface area (Å²) in [5, 5.41) is 0. The predicted molar refractivity (Wildman–Crippen MR) is 32.5 cm³/mol. The van der Waals surface area contributed by atoms with Crippen LogP contribution in [0.4, 0.5) is 0 Å². The summed E-state index contributed by atoms with van der Waals surface area (Å²) in [7, 11) is -4.32. The Hall–Kier alpha value is -0.0226. The summed E-state index contributed by atoms with van der Waals surface area (Å²) >= 11 is 0. The number of carbonyl (C=O) groups is 1. The second-order valence-corrected chi connectivity index (χ2v) is 2.29. The second-order valence-electron chi connectivity index (χ2n) is 1.13. The van der Waals surface area contributed by atoms with Gasteiger partial charge in [-0.05, 0) is 0 Å². The molecular formula is C2H6LiNO4S. The molecule has 0 spiro atoms. The molecule has 7 heteroatoms. The standard InChI is InChI=1S/C2H5NO4S.Li.H/c1-2(4)3-8(5,6)7;;/h1H3,(H,3,4)(H,5,6,7);;. The Morgan fingerprint density at radius 1 is 1.56 bits per heavy atom. The molecule has 0 radical (unpaired) electrons. The molecule has 0 aromatic carbocycles. The van der Waals surface area contributed by atoms with Crippen LogP contribution in [-0.2, 0) is 15.1 Å². The van der Waals surface area contributed by atoms with E-state index in [4.69, 9.17) is 4.55 Å². The SMILES string of the molecule is CC(=O)NS(=O)(=O)O.[LiH]. The maximum atomic E-state index is 9.81. The molecule has 1 amide bonds. The molecule has 5 nitrogen and oxygen atoms in total. The van der Waals surface area contributed by atoms with E-state index in [1.54, 1.807) is 0 Å². The molecule has 0 aliphatic rings. The van der Waals surface area contributed by atoms with Gasteiger partial charge in [-0.25, -0.2) is 4.72 Å². The van der Waals surface area contributed by atoms with E-state index in [-0.39, 0.29) is 18.9 Å². The topological polar surface area (TPSA) is 83.5 Å². The van der Waals surface area contributed by atoms with Crippen molar-refractivity contribution in [2.75, 3.05) is 0 Å². The zero-order chi connectivity index (χ0) is 6.78. The van der Waals surface area contributed by atoms with Crippen LogP contribution < -0.4 is 4.72 Å². The number of hydrogen-bond donors (Lipinski definition) is 2. The van der Waals surface area contributed by atoms with Crippen LogP contribution in [0.5, 0.6) is 0 Å². The third-order valence-electron chi connectivity index (χ3n) is 0.273. The van der Waals surface area contributed by atoms with Crippen LogP contribution in [0.2, 0.25) is 0 Å². The monoisotopic (exact) mass is 147 g/mol. The van der Waals surface area contributed by atoms with Gasteiger partial charge in [0.1, 0.15) is 0 Å². The number of amides is 1. The minimum absolute atomic E-state index is 0. The minimum atomic E-state index is -4.32. The zero-order valence-electron chi connectivity index (χ0n) is 4.08. The molecule has 0 aromatic rings. The molecule has 0 saturated heterocycles. The predicted octanol–water partition coefficient (Wildman–Crippen LogP) is -1.72. The van der Waals surface area contributed by atoms with Crippen molar-refractivity contribution in [3.05, 3.63) is 0 Å². The molecule has 0 bridgehead atoms. The molecule has 0 atom stereocenters. The van der Waals surface area contributed by atoms with Crippen LogP contribution in [0.1, 0.15) is 6.92 Å². The molecular weight excluding hydrogens is 141 g/mol. The fraction of sp³-hybridized carbons (Fsp3) is 0.500. The summed E-state index contributed by atoms with van der Waals surface area (Å²) < 4.78 is 28.4. The van der Waals surface area contributed by atoms with Crippen molar-refractivity contribution in [3.8, 4) is 0 Å². The Labute approximate surface area is 64.9 Å². The van der Waals surface area contributed by atoms with E-state index in [0.717, 1.165) is 6.92 Å². The van der Waals surface area contributed by atoms with E-state index in [9.17, 15) is 13.2 Å². The molecule has 0 rings (SSSR count). The first kappa shape index (κ1) is 11.7. The number of rotatable bonds is 1. The summed E-state index contributed by atoms with van der Waals surface area (Å²) in [6, 6.07) is 0. The molecule has 9 heavy (non-hydrogen) atoms. The second kappa shape index (κ2) is 3.90. The molecule has 0 fully saturated rings. The molecule has 0 heterocycles. The summed E-state index contributed by atoms with van der Waals surface area (Å²) in [5.41, 5.74) is 0. The average Bonchev–Trinajstić information content (AvgIpc) is 1.21. The molecule has 0 aliphatic heterocycles. The maximum absolute atomic E-state index is 9.81. The normalized spacial score (nSPS) is 9.56. The fourth-order valence-corrected chi connectivity index (χ4v) is 0.545. The van der Waals surface area contributed by atoms with Crippen LogP contribution in [0.15, 0.2) is 0 Å². The quantitative estimate of drug-likeness (QED) is 0.341. The number of nitrogens with one attached hydrogen (secondary N) is 1. The van der Waals surface area contributed by atoms with Gasteiger partial charge >= 0.3 is 29.2 Å². The third kappa shape index (κ3) is 11.5. The average molecular weight is 147 g/mol. The van der Waals surface area contributed by atoms with E-state index in [1.165, 1.54) is 4.72 Å². The Morgan fingerprint density at radius 2 is 1.89 bits per heavy atom. The Bertz CT molecular complexity index is 185. The van der Waals surface area contributed by atoms with E-state index >= 15 is 0 Å². The molecule has 2 N–H and O–H groups in total. The summed E-state index contributed by atoms with van der Waals surface area (Å²) in [4.78, 5) is 9.81. The van der Waals surface area contributed by atoms with E-state index in [1.807, 2.05) is 0 Å². The van der Waals surface area contributed by atoms with Gasteiger partial charge in [-0.2, -0.15) is 8.42 Å². The van der Waals surface area contributed by atoms with Gasteiger partial charge in [-0.3, -0.25) is 9.35 Å². The van der Waals surface area contributed by atoms with E-state index < -0.39 is 16.2 Å². The number of carbonyl (C=O) groups excluding carboxylic acids is 1. The van der Waals surface area contributed by atoms with Gasteiger partial charge in [-0.15, -0.1) is 0 Å². The van der Waals surface area contributed by atoms with Crippen molar-refractivity contribution in [2.24, 2.45) is 0 Å². The zero-order valence-corrected chi connectivity index (χ0v) is 4.90. The Morgan fingerprint density at radius 3 is 1.89 bits per heavy atom. The van der Waals surface area contributed by atoms with Gasteiger partial charge in [0.2, 0.25) is 5.91 Å². The van der Waals surface area contributed by atoms with Crippen molar-refractivity contribution in [2.45, 2.75) is 6.92 Å². The molecule has 0 unspecified atom stereocenters. The fourth-order valence-electron chi connectivity index (χ4n) is 0.182. The van der Waals surface area contributed by atoms with Crippen molar-refractivity contribution < 1.29 is 17.8 Å². The van der Waals surface area contributed by atoms with Crippen molar-refractivity contribution in [1.29, 1.82) is 0 Å². The van der Waals surface area contributed by atoms with Crippen molar-refractivity contribution in [1.82, 2.24) is 4.72 Å². The number of hydrogen-bond acceptors (Lipinski definition) is 3. The van der Waals surface area contributed by atoms with E-state index in [0.29, 0.717) is 0 Å². The van der Waals surface area contributed by atoms with Gasteiger partial charge in [0, 0.05) is 6.92 Å². The van der Waals surface area contributed by atoms with Crippen LogP contribution in [0.25, 0.3) is 0 Å². The summed E-state index contributed by atoms with van der Waals surface area (Å²) in [5.74, 6) is -0.812. The van der Waals surface area contributed by atoms with Gasteiger partial charge in [-0.1, -0.05) is 0 Å². The first-order chi connectivity index (χ1) is 3.42.